The van der Waals surface area contributed by atoms with E-state index in [4.69, 9.17) is 4.74 Å². The average Bonchev–Trinajstić information content (AvgIpc) is 3.46. The standard InChI is InChI=1S/C32H39NO7/c1-17-10-11-25-30(2,3)27(36)24(35)15-31(25,4)32(17)14-20-23(34)13-19-21(26(20)40-32)16-33(28(19)37)22(29(38)39)12-18-8-6-5-7-9-18/h5-9,13,17,22,24-25,27,34-36H,10-12,14-16H2,1-4H3,(H,38,39)/t17-,22+,24-,25+,27-,31+,32-/m1/s1. The number of phenolic OH excluding ortho intramolecular Hbond substituents is 1. The number of benzene rings is 2. The summed E-state index contributed by atoms with van der Waals surface area (Å²) in [7, 11) is 0. The molecule has 2 heterocycles. The van der Waals surface area contributed by atoms with Crippen LogP contribution in [0.5, 0.6) is 11.5 Å². The number of carboxylic acids is 1. The molecule has 1 spiro atoms. The van der Waals surface area contributed by atoms with Gasteiger partial charge in [0.15, 0.2) is 0 Å². The predicted octanol–water partition coefficient (Wildman–Crippen LogP) is 3.92. The summed E-state index contributed by atoms with van der Waals surface area (Å²) in [4.78, 5) is 27.3. The molecule has 2 aromatic rings. The van der Waals surface area contributed by atoms with Gasteiger partial charge in [-0.1, -0.05) is 58.0 Å². The number of aliphatic hydroxyl groups excluding tert-OH is 2. The molecule has 2 aromatic carbocycles. The van der Waals surface area contributed by atoms with Crippen LogP contribution in [-0.2, 0) is 24.2 Å². The number of rotatable bonds is 4. The minimum atomic E-state index is -1.09. The molecule has 2 saturated carbocycles. The number of fused-ring (bicyclic) bond motifs is 5. The number of ether oxygens (including phenoxy) is 1. The van der Waals surface area contributed by atoms with Gasteiger partial charge in [-0.15, -0.1) is 0 Å². The summed E-state index contributed by atoms with van der Waals surface area (Å²) in [6.07, 6.45) is 0.972. The smallest absolute Gasteiger partial charge is 0.326 e. The molecule has 8 heteroatoms. The first kappa shape index (κ1) is 27.1. The van der Waals surface area contributed by atoms with Crippen molar-refractivity contribution in [1.82, 2.24) is 4.90 Å². The van der Waals surface area contributed by atoms with Gasteiger partial charge in [-0.25, -0.2) is 4.79 Å². The predicted molar refractivity (Wildman–Crippen MR) is 147 cm³/mol. The molecule has 2 aliphatic heterocycles. The number of aliphatic carboxylic acids is 1. The first-order valence-electron chi connectivity index (χ1n) is 14.3. The molecule has 0 bridgehead atoms. The van der Waals surface area contributed by atoms with Gasteiger partial charge in [-0.3, -0.25) is 4.79 Å². The molecule has 40 heavy (non-hydrogen) atoms. The normalized spacial score (nSPS) is 34.6. The first-order valence-corrected chi connectivity index (χ1v) is 14.3. The van der Waals surface area contributed by atoms with Gasteiger partial charge in [0.1, 0.15) is 23.1 Å². The Kier molecular flexibility index (Phi) is 6.06. The van der Waals surface area contributed by atoms with Crippen LogP contribution in [0.15, 0.2) is 36.4 Å². The number of carbonyl (C=O) groups excluding carboxylic acids is 1. The Hall–Kier alpha value is -3.10. The van der Waals surface area contributed by atoms with Crippen molar-refractivity contribution >= 4 is 11.9 Å². The molecule has 0 aromatic heterocycles. The molecule has 0 radical (unpaired) electrons. The van der Waals surface area contributed by atoms with Crippen LogP contribution in [0.25, 0.3) is 0 Å². The lowest BCUT2D eigenvalue weighted by molar-refractivity contribution is -0.240. The number of hydrogen-bond donors (Lipinski definition) is 4. The molecule has 4 aliphatic rings. The molecule has 214 valence electrons. The Morgan fingerprint density at radius 3 is 2.50 bits per heavy atom. The Morgan fingerprint density at radius 2 is 1.82 bits per heavy atom. The fourth-order valence-electron chi connectivity index (χ4n) is 8.85. The number of carboxylic acid groups (broad SMARTS) is 1. The fraction of sp³-hybridized carbons (Fsp3) is 0.562. The second-order valence-electron chi connectivity index (χ2n) is 13.4. The van der Waals surface area contributed by atoms with E-state index in [-0.39, 0.29) is 36.1 Å². The largest absolute Gasteiger partial charge is 0.508 e. The number of phenols is 1. The molecule has 1 amide bonds. The molecule has 7 atom stereocenters. The van der Waals surface area contributed by atoms with Gasteiger partial charge in [-0.2, -0.15) is 0 Å². The fourth-order valence-corrected chi connectivity index (χ4v) is 8.85. The van der Waals surface area contributed by atoms with E-state index < -0.39 is 46.6 Å². The Bertz CT molecular complexity index is 1370. The molecule has 2 fully saturated rings. The maximum Gasteiger partial charge on any atom is 0.326 e. The van der Waals surface area contributed by atoms with E-state index >= 15 is 0 Å². The number of aliphatic hydroxyl groups is 2. The zero-order valence-corrected chi connectivity index (χ0v) is 23.6. The van der Waals surface area contributed by atoms with Gasteiger partial charge in [0.25, 0.3) is 5.91 Å². The van der Waals surface area contributed by atoms with Crippen molar-refractivity contribution in [1.29, 1.82) is 0 Å². The van der Waals surface area contributed by atoms with Crippen LogP contribution in [-0.4, -0.2) is 61.1 Å². The lowest BCUT2D eigenvalue weighted by Crippen LogP contribution is -2.69. The topological polar surface area (TPSA) is 128 Å². The van der Waals surface area contributed by atoms with E-state index in [1.807, 2.05) is 44.2 Å². The Labute approximate surface area is 234 Å². The lowest BCUT2D eigenvalue weighted by Gasteiger charge is -2.64. The Morgan fingerprint density at radius 1 is 1.12 bits per heavy atom. The monoisotopic (exact) mass is 549 g/mol. The SMILES string of the molecule is C[C@@H]1CC[C@H]2C(C)(C)[C@H](O)[C@H](O)C[C@]2(C)[C@@]12Cc1c(O)cc3c(c1O2)CN([C@@H](Cc1ccccc1)C(=O)O)C3=O. The number of hydrogen-bond acceptors (Lipinski definition) is 6. The van der Waals surface area contributed by atoms with E-state index in [9.17, 15) is 30.0 Å². The van der Waals surface area contributed by atoms with Gasteiger partial charge in [-0.05, 0) is 48.1 Å². The number of nitrogens with zero attached hydrogens (tertiary/aromatic N) is 1. The van der Waals surface area contributed by atoms with Gasteiger partial charge >= 0.3 is 5.97 Å². The van der Waals surface area contributed by atoms with Crippen molar-refractivity contribution in [3.63, 3.8) is 0 Å². The highest BCUT2D eigenvalue weighted by Gasteiger charge is 2.69. The summed E-state index contributed by atoms with van der Waals surface area (Å²) in [6.45, 7) is 8.40. The van der Waals surface area contributed by atoms with Gasteiger partial charge in [0, 0.05) is 29.4 Å². The second-order valence-corrected chi connectivity index (χ2v) is 13.4. The average molecular weight is 550 g/mol. The quantitative estimate of drug-likeness (QED) is 0.455. The molecule has 4 N–H and O–H groups in total. The molecule has 2 aliphatic carbocycles. The van der Waals surface area contributed by atoms with Crippen LogP contribution in [0.4, 0.5) is 0 Å². The van der Waals surface area contributed by atoms with Gasteiger partial charge in [0.2, 0.25) is 0 Å². The van der Waals surface area contributed by atoms with Crippen LogP contribution < -0.4 is 4.74 Å². The summed E-state index contributed by atoms with van der Waals surface area (Å²) < 4.78 is 7.00. The van der Waals surface area contributed by atoms with Crippen molar-refractivity contribution in [3.05, 3.63) is 58.7 Å². The van der Waals surface area contributed by atoms with Gasteiger partial charge in [0.05, 0.1) is 24.3 Å². The van der Waals surface area contributed by atoms with Crippen LogP contribution >= 0.6 is 0 Å². The van der Waals surface area contributed by atoms with E-state index in [1.54, 1.807) is 0 Å². The van der Waals surface area contributed by atoms with Crippen molar-refractivity contribution < 1.29 is 34.8 Å². The van der Waals surface area contributed by atoms with Crippen molar-refractivity contribution in [3.8, 4) is 11.5 Å². The van der Waals surface area contributed by atoms with E-state index in [2.05, 4.69) is 13.8 Å². The zero-order chi connectivity index (χ0) is 28.8. The summed E-state index contributed by atoms with van der Waals surface area (Å²) in [5, 5.41) is 43.3. The van der Waals surface area contributed by atoms with Crippen molar-refractivity contribution in [2.45, 2.75) is 90.2 Å². The highest BCUT2D eigenvalue weighted by molar-refractivity contribution is 6.02. The lowest BCUT2D eigenvalue weighted by atomic mass is 9.43. The first-order chi connectivity index (χ1) is 18.8. The summed E-state index contributed by atoms with van der Waals surface area (Å²) in [5.41, 5.74) is 0.536. The number of amides is 1. The summed E-state index contributed by atoms with van der Waals surface area (Å²) >= 11 is 0. The zero-order valence-electron chi connectivity index (χ0n) is 23.6. The number of carbonyl (C=O) groups is 2. The number of aromatic hydroxyl groups is 1. The second kappa shape index (κ2) is 8.95. The van der Waals surface area contributed by atoms with Crippen LogP contribution in [0, 0.1) is 22.7 Å². The van der Waals surface area contributed by atoms with Crippen molar-refractivity contribution in [2.24, 2.45) is 22.7 Å². The van der Waals surface area contributed by atoms with Crippen molar-refractivity contribution in [2.75, 3.05) is 0 Å². The molecule has 0 saturated heterocycles. The minimum absolute atomic E-state index is 0.0238. The molecule has 6 rings (SSSR count). The van der Waals surface area contributed by atoms with E-state index in [0.717, 1.165) is 18.4 Å². The highest BCUT2D eigenvalue weighted by atomic mass is 16.5. The molecular weight excluding hydrogens is 510 g/mol. The van der Waals surface area contributed by atoms with E-state index in [1.165, 1.54) is 11.0 Å². The summed E-state index contributed by atoms with van der Waals surface area (Å²) in [6, 6.07) is 9.64. The Balaban J connectivity index is 1.39. The minimum Gasteiger partial charge on any atom is -0.508 e. The maximum absolute atomic E-state index is 13.6. The van der Waals surface area contributed by atoms with Crippen LogP contribution in [0.3, 0.4) is 0 Å². The van der Waals surface area contributed by atoms with Crippen LogP contribution in [0.1, 0.15) is 74.0 Å². The van der Waals surface area contributed by atoms with E-state index in [0.29, 0.717) is 29.7 Å². The summed E-state index contributed by atoms with van der Waals surface area (Å²) in [5.74, 6) is -0.909. The molecule has 8 nitrogen and oxygen atoms in total. The third kappa shape index (κ3) is 3.58. The molecule has 0 unspecified atom stereocenters. The van der Waals surface area contributed by atoms with Crippen LogP contribution in [0.2, 0.25) is 0 Å². The molecular formula is C32H39NO7. The third-order valence-electron chi connectivity index (χ3n) is 11.0. The van der Waals surface area contributed by atoms with Gasteiger partial charge < -0.3 is 30.1 Å². The highest BCUT2D eigenvalue weighted by Crippen LogP contribution is 2.67. The third-order valence-corrected chi connectivity index (χ3v) is 11.0. The maximum atomic E-state index is 13.6.